The van der Waals surface area contributed by atoms with Crippen LogP contribution in [0.25, 0.3) is 11.0 Å². The van der Waals surface area contributed by atoms with Crippen LogP contribution in [0.3, 0.4) is 0 Å². The van der Waals surface area contributed by atoms with E-state index in [1.54, 1.807) is 0 Å². The SMILES string of the molecule is Oc1ccc(C=NNc2nc3ccccc3[nH]2)c(O)c1O. The molecule has 7 heteroatoms. The van der Waals surface area contributed by atoms with Crippen LogP contribution in [0, 0.1) is 0 Å². The van der Waals surface area contributed by atoms with E-state index in [9.17, 15) is 15.3 Å². The number of aromatic amines is 1. The highest BCUT2D eigenvalue weighted by molar-refractivity contribution is 5.86. The van der Waals surface area contributed by atoms with Crippen LogP contribution in [0.1, 0.15) is 5.56 Å². The zero-order valence-electron chi connectivity index (χ0n) is 10.8. The fourth-order valence-corrected chi connectivity index (χ4v) is 1.86. The van der Waals surface area contributed by atoms with Gasteiger partial charge in [-0.3, -0.25) is 0 Å². The Morgan fingerprint density at radius 3 is 2.67 bits per heavy atom. The van der Waals surface area contributed by atoms with Gasteiger partial charge in [0.2, 0.25) is 11.7 Å². The number of hydrogen-bond acceptors (Lipinski definition) is 6. The first-order valence-corrected chi connectivity index (χ1v) is 6.13. The number of imidazole rings is 1. The van der Waals surface area contributed by atoms with Crippen LogP contribution in [0.4, 0.5) is 5.95 Å². The third kappa shape index (κ3) is 2.44. The second-order valence-corrected chi connectivity index (χ2v) is 4.34. The molecular formula is C14H12N4O3. The maximum atomic E-state index is 9.64. The molecule has 0 saturated carbocycles. The molecule has 3 aromatic rings. The van der Waals surface area contributed by atoms with Gasteiger partial charge in [-0.2, -0.15) is 5.10 Å². The van der Waals surface area contributed by atoms with E-state index in [1.165, 1.54) is 18.3 Å². The van der Waals surface area contributed by atoms with Gasteiger partial charge in [0, 0.05) is 5.56 Å². The van der Waals surface area contributed by atoms with Gasteiger partial charge in [0.15, 0.2) is 11.5 Å². The molecule has 0 amide bonds. The number of hydrogen-bond donors (Lipinski definition) is 5. The maximum absolute atomic E-state index is 9.64. The van der Waals surface area contributed by atoms with Crippen LogP contribution in [-0.4, -0.2) is 31.5 Å². The molecular weight excluding hydrogens is 272 g/mol. The third-order valence-corrected chi connectivity index (χ3v) is 2.92. The number of hydrazone groups is 1. The summed E-state index contributed by atoms with van der Waals surface area (Å²) in [4.78, 5) is 7.29. The minimum absolute atomic E-state index is 0.258. The molecule has 0 bridgehead atoms. The smallest absolute Gasteiger partial charge is 0.222 e. The van der Waals surface area contributed by atoms with E-state index in [0.717, 1.165) is 11.0 Å². The number of H-pyrrole nitrogens is 1. The third-order valence-electron chi connectivity index (χ3n) is 2.92. The Morgan fingerprint density at radius 2 is 1.86 bits per heavy atom. The number of benzene rings is 2. The Balaban J connectivity index is 1.79. The number of nitrogens with zero attached hydrogens (tertiary/aromatic N) is 2. The molecule has 0 unspecified atom stereocenters. The monoisotopic (exact) mass is 284 g/mol. The number of para-hydroxylation sites is 2. The second-order valence-electron chi connectivity index (χ2n) is 4.34. The van der Waals surface area contributed by atoms with Gasteiger partial charge in [-0.15, -0.1) is 0 Å². The van der Waals surface area contributed by atoms with Crippen LogP contribution in [0.5, 0.6) is 17.2 Å². The Kier molecular flexibility index (Phi) is 3.07. The summed E-state index contributed by atoms with van der Waals surface area (Å²) in [6.07, 6.45) is 1.31. The van der Waals surface area contributed by atoms with Crippen molar-refractivity contribution in [1.29, 1.82) is 0 Å². The van der Waals surface area contributed by atoms with Crippen molar-refractivity contribution in [3.05, 3.63) is 42.0 Å². The van der Waals surface area contributed by atoms with Crippen molar-refractivity contribution in [1.82, 2.24) is 9.97 Å². The summed E-state index contributed by atoms with van der Waals surface area (Å²) in [6, 6.07) is 10.2. The predicted molar refractivity (Wildman–Crippen MR) is 78.7 cm³/mol. The van der Waals surface area contributed by atoms with E-state index in [4.69, 9.17) is 0 Å². The van der Waals surface area contributed by atoms with Crippen LogP contribution in [-0.2, 0) is 0 Å². The first kappa shape index (κ1) is 12.8. The van der Waals surface area contributed by atoms with Crippen molar-refractivity contribution in [3.63, 3.8) is 0 Å². The first-order valence-electron chi connectivity index (χ1n) is 6.13. The van der Waals surface area contributed by atoms with E-state index >= 15 is 0 Å². The van der Waals surface area contributed by atoms with Gasteiger partial charge < -0.3 is 20.3 Å². The molecule has 0 atom stereocenters. The highest BCUT2D eigenvalue weighted by Gasteiger charge is 2.09. The lowest BCUT2D eigenvalue weighted by Gasteiger charge is -2.03. The molecule has 1 heterocycles. The zero-order chi connectivity index (χ0) is 14.8. The number of anilines is 1. The quantitative estimate of drug-likeness (QED) is 0.287. The van der Waals surface area contributed by atoms with Gasteiger partial charge in [-0.1, -0.05) is 12.1 Å². The standard InChI is InChI=1S/C14H12N4O3/c19-11-6-5-8(12(20)13(11)21)7-15-18-14-16-9-3-1-2-4-10(9)17-14/h1-7,19-21H,(H2,16,17,18). The van der Waals surface area contributed by atoms with Gasteiger partial charge in [0.25, 0.3) is 0 Å². The van der Waals surface area contributed by atoms with Gasteiger partial charge in [-0.25, -0.2) is 10.4 Å². The highest BCUT2D eigenvalue weighted by Crippen LogP contribution is 2.36. The predicted octanol–water partition coefficient (Wildman–Crippen LogP) is 2.13. The van der Waals surface area contributed by atoms with Crippen molar-refractivity contribution in [2.75, 3.05) is 5.43 Å². The Morgan fingerprint density at radius 1 is 1.05 bits per heavy atom. The molecule has 106 valence electrons. The Bertz CT molecular complexity index is 793. The largest absolute Gasteiger partial charge is 0.504 e. The average molecular weight is 284 g/mol. The van der Waals surface area contributed by atoms with Gasteiger partial charge in [-0.05, 0) is 24.3 Å². The van der Waals surface area contributed by atoms with Crippen molar-refractivity contribution < 1.29 is 15.3 Å². The topological polar surface area (TPSA) is 114 Å². The fourth-order valence-electron chi connectivity index (χ4n) is 1.86. The Labute approximate surface area is 119 Å². The molecule has 5 N–H and O–H groups in total. The van der Waals surface area contributed by atoms with Gasteiger partial charge in [0.1, 0.15) is 0 Å². The lowest BCUT2D eigenvalue weighted by molar-refractivity contribution is 0.367. The summed E-state index contributed by atoms with van der Waals surface area (Å²) in [5.74, 6) is -0.960. The molecule has 0 aliphatic heterocycles. The minimum atomic E-state index is -0.581. The summed E-state index contributed by atoms with van der Waals surface area (Å²) in [7, 11) is 0. The summed E-state index contributed by atoms with van der Waals surface area (Å²) >= 11 is 0. The molecule has 0 aliphatic carbocycles. The van der Waals surface area contributed by atoms with E-state index in [-0.39, 0.29) is 5.56 Å². The van der Waals surface area contributed by atoms with E-state index < -0.39 is 17.2 Å². The Hall–Kier alpha value is -3.22. The fraction of sp³-hybridized carbons (Fsp3) is 0. The van der Waals surface area contributed by atoms with E-state index in [2.05, 4.69) is 20.5 Å². The molecule has 7 nitrogen and oxygen atoms in total. The minimum Gasteiger partial charge on any atom is -0.504 e. The number of nitrogens with one attached hydrogen (secondary N) is 2. The van der Waals surface area contributed by atoms with E-state index in [1.807, 2.05) is 24.3 Å². The van der Waals surface area contributed by atoms with Crippen LogP contribution >= 0.6 is 0 Å². The molecule has 1 aromatic heterocycles. The number of rotatable bonds is 3. The molecule has 0 saturated heterocycles. The first-order chi connectivity index (χ1) is 10.1. The van der Waals surface area contributed by atoms with Gasteiger partial charge >= 0.3 is 0 Å². The molecule has 0 aliphatic rings. The van der Waals surface area contributed by atoms with Crippen molar-refractivity contribution in [3.8, 4) is 17.2 Å². The zero-order valence-corrected chi connectivity index (χ0v) is 10.8. The average Bonchev–Trinajstić information content (AvgIpc) is 2.90. The number of aromatic hydroxyl groups is 3. The number of fused-ring (bicyclic) bond motifs is 1. The summed E-state index contributed by atoms with van der Waals surface area (Å²) in [6.45, 7) is 0. The second kappa shape index (κ2) is 5.04. The van der Waals surface area contributed by atoms with Crippen molar-refractivity contribution >= 4 is 23.2 Å². The summed E-state index contributed by atoms with van der Waals surface area (Å²) < 4.78 is 0. The number of phenols is 3. The van der Waals surface area contributed by atoms with Crippen LogP contribution in [0.2, 0.25) is 0 Å². The lowest BCUT2D eigenvalue weighted by Crippen LogP contribution is -1.92. The maximum Gasteiger partial charge on any atom is 0.222 e. The summed E-state index contributed by atoms with van der Waals surface area (Å²) in [5.41, 5.74) is 4.63. The summed E-state index contributed by atoms with van der Waals surface area (Å²) in [5, 5.41) is 32.2. The molecule has 0 fully saturated rings. The molecule has 3 rings (SSSR count). The van der Waals surface area contributed by atoms with Gasteiger partial charge in [0.05, 0.1) is 17.2 Å². The van der Waals surface area contributed by atoms with Crippen LogP contribution in [0.15, 0.2) is 41.5 Å². The normalized spacial score (nSPS) is 11.2. The van der Waals surface area contributed by atoms with Crippen LogP contribution < -0.4 is 5.43 Å². The highest BCUT2D eigenvalue weighted by atomic mass is 16.3. The molecule has 0 radical (unpaired) electrons. The van der Waals surface area contributed by atoms with E-state index in [0.29, 0.717) is 5.95 Å². The number of phenolic OH excluding ortho intramolecular Hbond substituents is 3. The molecule has 21 heavy (non-hydrogen) atoms. The molecule has 2 aromatic carbocycles. The molecule has 0 spiro atoms. The number of aromatic nitrogens is 2. The van der Waals surface area contributed by atoms with Crippen molar-refractivity contribution in [2.24, 2.45) is 5.10 Å². The lowest BCUT2D eigenvalue weighted by atomic mass is 10.2. The van der Waals surface area contributed by atoms with Crippen molar-refractivity contribution in [2.45, 2.75) is 0 Å².